The molecule has 0 atom stereocenters. The van der Waals surface area contributed by atoms with Gasteiger partial charge in [0.1, 0.15) is 0 Å². The Hall–Kier alpha value is -3.24. The van der Waals surface area contributed by atoms with Crippen LogP contribution in [0.2, 0.25) is 0 Å². The first-order chi connectivity index (χ1) is 14.2. The van der Waals surface area contributed by atoms with E-state index < -0.39 is 0 Å². The van der Waals surface area contributed by atoms with Crippen LogP contribution in [0.25, 0.3) is 11.3 Å². The smallest absolute Gasteiger partial charge is 0.257 e. The predicted molar refractivity (Wildman–Crippen MR) is 121 cm³/mol. The van der Waals surface area contributed by atoms with Gasteiger partial charge in [-0.1, -0.05) is 79.7 Å². The zero-order chi connectivity index (χ0) is 20.1. The van der Waals surface area contributed by atoms with E-state index in [1.54, 1.807) is 0 Å². The lowest BCUT2D eigenvalue weighted by Gasteiger charge is -2.09. The van der Waals surface area contributed by atoms with E-state index in [2.05, 4.69) is 53.6 Å². The molecule has 0 saturated heterocycles. The van der Waals surface area contributed by atoms with Crippen molar-refractivity contribution in [1.29, 1.82) is 0 Å². The van der Waals surface area contributed by atoms with E-state index >= 15 is 0 Å². The minimum atomic E-state index is -0.126. The lowest BCUT2D eigenvalue weighted by Crippen LogP contribution is -2.14. The monoisotopic (exact) mass is 398 g/mol. The summed E-state index contributed by atoms with van der Waals surface area (Å²) >= 11 is 1.44. The minimum Gasteiger partial charge on any atom is -0.298 e. The highest BCUT2D eigenvalue weighted by molar-refractivity contribution is 7.14. The van der Waals surface area contributed by atoms with Gasteiger partial charge >= 0.3 is 0 Å². The van der Waals surface area contributed by atoms with Gasteiger partial charge in [0, 0.05) is 16.5 Å². The fourth-order valence-corrected chi connectivity index (χ4v) is 3.97. The number of thiazole rings is 1. The number of hydrogen-bond acceptors (Lipinski definition) is 3. The van der Waals surface area contributed by atoms with Crippen molar-refractivity contribution < 1.29 is 4.79 Å². The van der Waals surface area contributed by atoms with Crippen molar-refractivity contribution in [3.05, 3.63) is 106 Å². The second kappa shape index (κ2) is 8.84. The summed E-state index contributed by atoms with van der Waals surface area (Å²) in [5.74, 6) is -0.126. The lowest BCUT2D eigenvalue weighted by atomic mass is 9.99. The van der Waals surface area contributed by atoms with Gasteiger partial charge in [-0.3, -0.25) is 10.1 Å². The number of anilines is 1. The zero-order valence-corrected chi connectivity index (χ0v) is 17.1. The third-order valence-electron chi connectivity index (χ3n) is 4.88. The maximum atomic E-state index is 12.9. The van der Waals surface area contributed by atoms with Gasteiger partial charge in [-0.15, -0.1) is 11.3 Å². The zero-order valence-electron chi connectivity index (χ0n) is 16.3. The Kier molecular flexibility index (Phi) is 5.82. The number of nitrogens with zero attached hydrogens (tertiary/aromatic N) is 1. The highest BCUT2D eigenvalue weighted by atomic mass is 32.1. The molecule has 0 unspecified atom stereocenters. The Morgan fingerprint density at radius 3 is 2.38 bits per heavy atom. The summed E-state index contributed by atoms with van der Waals surface area (Å²) in [6, 6.07) is 26.3. The number of aromatic nitrogens is 1. The maximum Gasteiger partial charge on any atom is 0.257 e. The van der Waals surface area contributed by atoms with Gasteiger partial charge in [0.05, 0.1) is 5.69 Å². The quantitative estimate of drug-likeness (QED) is 0.419. The molecular formula is C25H22N2OS. The fraction of sp³-hybridized carbons (Fsp3) is 0.120. The average molecular weight is 399 g/mol. The van der Waals surface area contributed by atoms with Gasteiger partial charge in [-0.05, 0) is 35.6 Å². The predicted octanol–water partition coefficient (Wildman–Crippen LogP) is 6.22. The van der Waals surface area contributed by atoms with Crippen LogP contribution in [0.1, 0.15) is 34.0 Å². The van der Waals surface area contributed by atoms with Crippen LogP contribution in [0.5, 0.6) is 0 Å². The average Bonchev–Trinajstić information content (AvgIpc) is 3.23. The summed E-state index contributed by atoms with van der Waals surface area (Å²) in [5, 5.41) is 5.55. The van der Waals surface area contributed by atoms with Crippen molar-refractivity contribution >= 4 is 22.4 Å². The molecular weight excluding hydrogens is 376 g/mol. The molecule has 0 fully saturated rings. The van der Waals surface area contributed by atoms with Crippen molar-refractivity contribution in [3.8, 4) is 11.3 Å². The Morgan fingerprint density at radius 2 is 1.62 bits per heavy atom. The Labute approximate surface area is 175 Å². The van der Waals surface area contributed by atoms with E-state index in [-0.39, 0.29) is 5.91 Å². The van der Waals surface area contributed by atoms with E-state index in [9.17, 15) is 4.79 Å². The molecule has 0 aliphatic rings. The number of carbonyl (C=O) groups excluding carboxylic acids is 1. The number of rotatable bonds is 6. The Bertz CT molecular complexity index is 1100. The molecule has 1 heterocycles. The third kappa shape index (κ3) is 4.61. The van der Waals surface area contributed by atoms with Crippen LogP contribution in [0.3, 0.4) is 0 Å². The van der Waals surface area contributed by atoms with Gasteiger partial charge in [0.15, 0.2) is 5.13 Å². The van der Waals surface area contributed by atoms with Crippen LogP contribution < -0.4 is 5.32 Å². The highest BCUT2D eigenvalue weighted by Gasteiger charge is 2.14. The molecule has 3 nitrogen and oxygen atoms in total. The van der Waals surface area contributed by atoms with Crippen LogP contribution in [-0.2, 0) is 12.8 Å². The summed E-state index contributed by atoms with van der Waals surface area (Å²) in [6.45, 7) is 2.14. The topological polar surface area (TPSA) is 42.0 Å². The molecule has 0 saturated carbocycles. The van der Waals surface area contributed by atoms with Gasteiger partial charge in [0.25, 0.3) is 5.91 Å². The third-order valence-corrected chi connectivity index (χ3v) is 5.64. The molecule has 4 rings (SSSR count). The molecule has 0 bridgehead atoms. The van der Waals surface area contributed by atoms with Crippen molar-refractivity contribution in [2.75, 3.05) is 5.32 Å². The number of amides is 1. The van der Waals surface area contributed by atoms with E-state index in [1.165, 1.54) is 22.5 Å². The first-order valence-corrected chi connectivity index (χ1v) is 10.6. The molecule has 1 N–H and O–H groups in total. The van der Waals surface area contributed by atoms with Crippen LogP contribution in [-0.4, -0.2) is 10.9 Å². The molecule has 0 radical (unpaired) electrons. The normalized spacial score (nSPS) is 10.7. The number of nitrogens with one attached hydrogen (secondary N) is 1. The number of hydrogen-bond donors (Lipinski definition) is 1. The molecule has 4 aromatic rings. The van der Waals surface area contributed by atoms with Gasteiger partial charge in [-0.25, -0.2) is 4.98 Å². The summed E-state index contributed by atoms with van der Waals surface area (Å²) in [7, 11) is 0. The van der Waals surface area contributed by atoms with Crippen LogP contribution in [0.4, 0.5) is 5.13 Å². The molecule has 0 aliphatic carbocycles. The Morgan fingerprint density at radius 1 is 0.897 bits per heavy atom. The summed E-state index contributed by atoms with van der Waals surface area (Å²) in [6.07, 6.45) is 1.73. The van der Waals surface area contributed by atoms with E-state index in [1.807, 2.05) is 47.8 Å². The summed E-state index contributed by atoms with van der Waals surface area (Å²) in [5.41, 5.74) is 6.10. The molecule has 1 aromatic heterocycles. The fourth-order valence-electron chi connectivity index (χ4n) is 3.25. The minimum absolute atomic E-state index is 0.126. The van der Waals surface area contributed by atoms with Gasteiger partial charge in [0.2, 0.25) is 0 Å². The molecule has 1 amide bonds. The van der Waals surface area contributed by atoms with Crippen molar-refractivity contribution in [1.82, 2.24) is 4.98 Å². The van der Waals surface area contributed by atoms with Crippen LogP contribution >= 0.6 is 11.3 Å². The van der Waals surface area contributed by atoms with E-state index in [4.69, 9.17) is 0 Å². The molecule has 3 aromatic carbocycles. The molecule has 0 spiro atoms. The van der Waals surface area contributed by atoms with Crippen molar-refractivity contribution in [3.63, 3.8) is 0 Å². The SMILES string of the molecule is CCc1ccc(-c2csc(NC(=O)c3ccccc3Cc3ccccc3)n2)cc1. The van der Waals surface area contributed by atoms with Gasteiger partial charge < -0.3 is 0 Å². The molecule has 29 heavy (non-hydrogen) atoms. The number of benzene rings is 3. The molecule has 144 valence electrons. The van der Waals surface area contributed by atoms with Crippen molar-refractivity contribution in [2.24, 2.45) is 0 Å². The summed E-state index contributed by atoms with van der Waals surface area (Å²) < 4.78 is 0. The Balaban J connectivity index is 1.51. The molecule has 0 aliphatic heterocycles. The highest BCUT2D eigenvalue weighted by Crippen LogP contribution is 2.26. The van der Waals surface area contributed by atoms with Crippen molar-refractivity contribution in [2.45, 2.75) is 19.8 Å². The van der Waals surface area contributed by atoms with E-state index in [0.717, 1.165) is 29.7 Å². The largest absolute Gasteiger partial charge is 0.298 e. The first-order valence-electron chi connectivity index (χ1n) is 9.71. The second-order valence-electron chi connectivity index (χ2n) is 6.86. The summed E-state index contributed by atoms with van der Waals surface area (Å²) in [4.78, 5) is 17.5. The van der Waals surface area contributed by atoms with E-state index in [0.29, 0.717) is 10.7 Å². The van der Waals surface area contributed by atoms with Crippen LogP contribution in [0, 0.1) is 0 Å². The van der Waals surface area contributed by atoms with Gasteiger partial charge in [-0.2, -0.15) is 0 Å². The lowest BCUT2D eigenvalue weighted by molar-refractivity contribution is 0.102. The second-order valence-corrected chi connectivity index (χ2v) is 7.72. The number of carbonyl (C=O) groups is 1. The maximum absolute atomic E-state index is 12.9. The number of aryl methyl sites for hydroxylation is 1. The van der Waals surface area contributed by atoms with Crippen LogP contribution in [0.15, 0.2) is 84.2 Å². The standard InChI is InChI=1S/C25H22N2OS/c1-2-18-12-14-20(15-13-18)23-17-29-25(26-23)27-24(28)22-11-7-6-10-21(22)16-19-8-4-3-5-9-19/h3-15,17H,2,16H2,1H3,(H,26,27,28). The molecule has 4 heteroatoms. The first kappa shape index (κ1) is 19.1.